The van der Waals surface area contributed by atoms with Crippen LogP contribution in [0.4, 0.5) is 0 Å². The number of benzene rings is 1. The summed E-state index contributed by atoms with van der Waals surface area (Å²) >= 11 is 5.93. The van der Waals surface area contributed by atoms with Gasteiger partial charge in [0.1, 0.15) is 0 Å². The molecule has 0 aliphatic heterocycles. The van der Waals surface area contributed by atoms with Crippen LogP contribution in [0.5, 0.6) is 0 Å². The summed E-state index contributed by atoms with van der Waals surface area (Å²) in [5.41, 5.74) is -0.624. The summed E-state index contributed by atoms with van der Waals surface area (Å²) in [6, 6.07) is 7.24. The van der Waals surface area contributed by atoms with E-state index in [1.165, 1.54) is 0 Å². The van der Waals surface area contributed by atoms with Gasteiger partial charge in [0.15, 0.2) is 0 Å². The third kappa shape index (κ3) is 3.01. The highest BCUT2D eigenvalue weighted by Gasteiger charge is 2.39. The van der Waals surface area contributed by atoms with Crippen LogP contribution in [0, 0.1) is 0 Å². The number of nitrogens with one attached hydrogen (secondary N) is 1. The molecule has 0 spiro atoms. The van der Waals surface area contributed by atoms with Crippen molar-refractivity contribution in [2.24, 2.45) is 0 Å². The van der Waals surface area contributed by atoms with Crippen molar-refractivity contribution in [2.45, 2.75) is 38.9 Å². The van der Waals surface area contributed by atoms with Gasteiger partial charge in [-0.1, -0.05) is 17.7 Å². The third-order valence-corrected chi connectivity index (χ3v) is 3.99. The molecule has 2 aromatic rings. The van der Waals surface area contributed by atoms with Crippen molar-refractivity contribution in [2.75, 3.05) is 0 Å². The van der Waals surface area contributed by atoms with E-state index in [9.17, 15) is 10.1 Å². The zero-order valence-electron chi connectivity index (χ0n) is 12.1. The molecule has 6 heteroatoms. The second-order valence-electron chi connectivity index (χ2n) is 6.00. The van der Waals surface area contributed by atoms with E-state index in [0.717, 1.165) is 10.9 Å². The molecule has 1 aromatic heterocycles. The molecule has 4 nitrogen and oxygen atoms in total. The predicted octanol–water partition coefficient (Wildman–Crippen LogP) is 2.07. The largest absolute Gasteiger partial charge is 0.508 e. The predicted molar refractivity (Wildman–Crippen MR) is 82.4 cm³/mol. The van der Waals surface area contributed by atoms with Gasteiger partial charge in [-0.2, -0.15) is 0 Å². The minimum atomic E-state index is -1.15. The van der Waals surface area contributed by atoms with Crippen molar-refractivity contribution >= 4 is 35.2 Å². The molecule has 0 fully saturated rings. The molecule has 0 radical (unpaired) electrons. The summed E-state index contributed by atoms with van der Waals surface area (Å²) in [6.07, 6.45) is 0. The van der Waals surface area contributed by atoms with Crippen LogP contribution in [-0.4, -0.2) is 33.4 Å². The van der Waals surface area contributed by atoms with Crippen LogP contribution in [-0.2, 0) is 4.65 Å². The van der Waals surface area contributed by atoms with E-state index in [2.05, 4.69) is 4.98 Å². The summed E-state index contributed by atoms with van der Waals surface area (Å²) in [6.45, 7) is 6.75. The number of fused-ring (bicyclic) bond motifs is 1. The Balaban J connectivity index is 2.25. The molecule has 108 valence electrons. The number of hydrogen-bond donors (Lipinski definition) is 3. The number of halogens is 1. The smallest absolute Gasteiger partial charge is 0.422 e. The first kappa shape index (κ1) is 15.4. The van der Waals surface area contributed by atoms with Crippen molar-refractivity contribution < 1.29 is 14.8 Å². The van der Waals surface area contributed by atoms with Gasteiger partial charge in [0, 0.05) is 16.1 Å². The molecule has 0 aliphatic carbocycles. The Morgan fingerprint density at radius 3 is 2.45 bits per heavy atom. The van der Waals surface area contributed by atoms with Crippen LogP contribution in [0.25, 0.3) is 10.9 Å². The number of aromatic nitrogens is 1. The number of aromatic amines is 1. The third-order valence-electron chi connectivity index (χ3n) is 3.75. The molecule has 0 unspecified atom stereocenters. The van der Waals surface area contributed by atoms with E-state index in [1.807, 2.05) is 6.07 Å². The number of aliphatic hydroxyl groups is 1. The Bertz CT molecular complexity index is 618. The highest BCUT2D eigenvalue weighted by Crippen LogP contribution is 2.25. The van der Waals surface area contributed by atoms with Crippen molar-refractivity contribution in [3.05, 3.63) is 29.3 Å². The van der Waals surface area contributed by atoms with E-state index in [-0.39, 0.29) is 0 Å². The van der Waals surface area contributed by atoms with E-state index in [4.69, 9.17) is 16.3 Å². The molecule has 0 amide bonds. The molecule has 0 bridgehead atoms. The summed E-state index contributed by atoms with van der Waals surface area (Å²) in [4.78, 5) is 3.07. The van der Waals surface area contributed by atoms with Gasteiger partial charge in [-0.3, -0.25) is 0 Å². The molecule has 0 saturated carbocycles. The zero-order valence-corrected chi connectivity index (χ0v) is 12.8. The fourth-order valence-electron chi connectivity index (χ4n) is 1.74. The maximum absolute atomic E-state index is 10.2. The molecule has 1 aromatic carbocycles. The molecule has 0 atom stereocenters. The first-order chi connectivity index (χ1) is 9.10. The fourth-order valence-corrected chi connectivity index (χ4v) is 1.91. The van der Waals surface area contributed by atoms with Gasteiger partial charge in [0.2, 0.25) is 0 Å². The van der Waals surface area contributed by atoms with E-state index < -0.39 is 18.3 Å². The normalized spacial score (nSPS) is 12.9. The average Bonchev–Trinajstić information content (AvgIpc) is 2.69. The topological polar surface area (TPSA) is 65.5 Å². The van der Waals surface area contributed by atoms with Crippen LogP contribution >= 0.6 is 11.6 Å². The summed E-state index contributed by atoms with van der Waals surface area (Å²) in [5, 5.41) is 21.8. The quantitative estimate of drug-likeness (QED) is 0.757. The maximum atomic E-state index is 10.2. The Morgan fingerprint density at radius 2 is 1.85 bits per heavy atom. The van der Waals surface area contributed by atoms with Crippen LogP contribution in [0.2, 0.25) is 5.02 Å². The molecule has 3 N–H and O–H groups in total. The number of H-pyrrole nitrogens is 1. The van der Waals surface area contributed by atoms with Gasteiger partial charge in [-0.05, 0) is 51.3 Å². The van der Waals surface area contributed by atoms with Gasteiger partial charge >= 0.3 is 7.12 Å². The van der Waals surface area contributed by atoms with Gasteiger partial charge < -0.3 is 19.8 Å². The summed E-state index contributed by atoms with van der Waals surface area (Å²) < 4.78 is 5.59. The lowest BCUT2D eigenvalue weighted by Crippen LogP contribution is -2.53. The molecule has 2 rings (SSSR count). The zero-order chi connectivity index (χ0) is 15.1. The molecule has 20 heavy (non-hydrogen) atoms. The second-order valence-corrected chi connectivity index (χ2v) is 6.43. The Morgan fingerprint density at radius 1 is 1.20 bits per heavy atom. The number of hydrogen-bond acceptors (Lipinski definition) is 3. The Kier molecular flexibility index (Phi) is 3.91. The van der Waals surface area contributed by atoms with Crippen molar-refractivity contribution in [3.8, 4) is 0 Å². The molecule has 0 aliphatic rings. The van der Waals surface area contributed by atoms with Gasteiger partial charge in [-0.15, -0.1) is 0 Å². The Hall–Kier alpha value is -1.01. The van der Waals surface area contributed by atoms with E-state index in [1.54, 1.807) is 45.9 Å². The molecule has 0 saturated heterocycles. The minimum Gasteiger partial charge on any atom is -0.422 e. The van der Waals surface area contributed by atoms with Gasteiger partial charge in [0.05, 0.1) is 11.2 Å². The fraction of sp³-hybridized carbons (Fsp3) is 0.429. The SMILES string of the molecule is CC(C)(O)C(C)(C)OB(O)c1cc2ccc(Cl)cc2[nH]1. The van der Waals surface area contributed by atoms with Crippen molar-refractivity contribution in [3.63, 3.8) is 0 Å². The lowest BCUT2D eigenvalue weighted by molar-refractivity contribution is -0.0983. The lowest BCUT2D eigenvalue weighted by atomic mass is 9.80. The first-order valence-corrected chi connectivity index (χ1v) is 6.84. The summed E-state index contributed by atoms with van der Waals surface area (Å²) in [7, 11) is -1.15. The van der Waals surface area contributed by atoms with Gasteiger partial charge in [-0.25, -0.2) is 0 Å². The maximum Gasteiger partial charge on any atom is 0.508 e. The lowest BCUT2D eigenvalue weighted by Gasteiger charge is -2.38. The van der Waals surface area contributed by atoms with Crippen LogP contribution in [0.15, 0.2) is 24.3 Å². The van der Waals surface area contributed by atoms with Gasteiger partial charge in [0.25, 0.3) is 0 Å². The first-order valence-electron chi connectivity index (χ1n) is 6.46. The summed E-state index contributed by atoms with van der Waals surface area (Å²) in [5.74, 6) is 0. The molecular weight excluding hydrogens is 276 g/mol. The van der Waals surface area contributed by atoms with E-state index >= 15 is 0 Å². The molecular formula is C14H19BClNO3. The standard InChI is InChI=1S/C14H19BClNO3/c1-13(2,18)14(3,4)20-15(19)12-7-9-5-6-10(16)8-11(9)17-12/h5-8,17-19H,1-4H3. The minimum absolute atomic E-state index is 0.527. The van der Waals surface area contributed by atoms with Crippen LogP contribution in [0.3, 0.4) is 0 Å². The second kappa shape index (κ2) is 5.08. The highest BCUT2D eigenvalue weighted by atomic mass is 35.5. The average molecular weight is 296 g/mol. The highest BCUT2D eigenvalue weighted by molar-refractivity contribution is 6.59. The van der Waals surface area contributed by atoms with Crippen LogP contribution in [0.1, 0.15) is 27.7 Å². The number of rotatable bonds is 4. The van der Waals surface area contributed by atoms with E-state index in [0.29, 0.717) is 10.6 Å². The van der Waals surface area contributed by atoms with Crippen molar-refractivity contribution in [1.29, 1.82) is 0 Å². The monoisotopic (exact) mass is 295 g/mol. The van der Waals surface area contributed by atoms with Crippen molar-refractivity contribution in [1.82, 2.24) is 4.98 Å². The van der Waals surface area contributed by atoms with Crippen LogP contribution < -0.4 is 5.59 Å². The Labute approximate surface area is 123 Å². The molecule has 1 heterocycles.